The summed E-state index contributed by atoms with van der Waals surface area (Å²) in [6.45, 7) is 1.90. The van der Waals surface area contributed by atoms with Crippen LogP contribution < -0.4 is 0 Å². The van der Waals surface area contributed by atoms with Gasteiger partial charge in [0, 0.05) is 0 Å². The Morgan fingerprint density at radius 3 is 1.00 bits per heavy atom. The Bertz CT molecular complexity index is 274. The van der Waals surface area contributed by atoms with Crippen LogP contribution in [0.1, 0.15) is 13.8 Å². The van der Waals surface area contributed by atoms with E-state index < -0.39 is 48.2 Å². The van der Waals surface area contributed by atoms with Crippen LogP contribution in [0.3, 0.4) is 0 Å². The summed E-state index contributed by atoms with van der Waals surface area (Å²) in [7, 11) is 0. The fraction of sp³-hybridized carbons (Fsp3) is 0.800. The monoisotopic (exact) mass is 266 g/mol. The van der Waals surface area contributed by atoms with Crippen LogP contribution in [0.5, 0.6) is 0 Å². The highest BCUT2D eigenvalue weighted by Crippen LogP contribution is 2.12. The molecule has 0 saturated heterocycles. The molecule has 0 spiro atoms. The molecule has 8 nitrogen and oxygen atoms in total. The van der Waals surface area contributed by atoms with Crippen molar-refractivity contribution in [3.63, 3.8) is 0 Å². The van der Waals surface area contributed by atoms with Crippen LogP contribution in [0.2, 0.25) is 0 Å². The minimum absolute atomic E-state index is 0.852. The van der Waals surface area contributed by atoms with Crippen LogP contribution >= 0.6 is 0 Å². The molecule has 0 aromatic heterocycles. The summed E-state index contributed by atoms with van der Waals surface area (Å²) >= 11 is 0. The van der Waals surface area contributed by atoms with Crippen molar-refractivity contribution in [1.82, 2.24) is 0 Å². The van der Waals surface area contributed by atoms with E-state index in [1.165, 1.54) is 0 Å². The lowest BCUT2D eigenvalue weighted by Gasteiger charge is -2.29. The fourth-order valence-corrected chi connectivity index (χ4v) is 1.26. The molecule has 0 heterocycles. The molecule has 0 bridgehead atoms. The van der Waals surface area contributed by atoms with E-state index in [0.717, 1.165) is 13.8 Å². The predicted molar refractivity (Wildman–Crippen MR) is 57.4 cm³/mol. The highest BCUT2D eigenvalue weighted by atomic mass is 16.4. The minimum atomic E-state index is -2.10. The first-order chi connectivity index (χ1) is 8.11. The quantitative estimate of drug-likeness (QED) is 0.275. The molecular formula is C10H18O8. The summed E-state index contributed by atoms with van der Waals surface area (Å²) in [4.78, 5) is 21.5. The van der Waals surface area contributed by atoms with E-state index in [2.05, 4.69) is 0 Å². The molecule has 0 amide bonds. The van der Waals surface area contributed by atoms with Crippen molar-refractivity contribution in [2.75, 3.05) is 0 Å². The maximum atomic E-state index is 10.8. The Morgan fingerprint density at radius 1 is 0.611 bits per heavy atom. The van der Waals surface area contributed by atoms with E-state index in [1.807, 2.05) is 0 Å². The largest absolute Gasteiger partial charge is 0.387 e. The number of hydrogen-bond donors (Lipinski definition) is 6. The van der Waals surface area contributed by atoms with Crippen molar-refractivity contribution in [2.24, 2.45) is 0 Å². The van der Waals surface area contributed by atoms with Gasteiger partial charge < -0.3 is 30.6 Å². The van der Waals surface area contributed by atoms with Crippen LogP contribution in [-0.2, 0) is 9.59 Å². The number of hydrogen-bond acceptors (Lipinski definition) is 8. The van der Waals surface area contributed by atoms with Crippen molar-refractivity contribution in [3.05, 3.63) is 0 Å². The summed E-state index contributed by atoms with van der Waals surface area (Å²) in [6, 6.07) is 0. The van der Waals surface area contributed by atoms with Gasteiger partial charge in [-0.2, -0.15) is 0 Å². The smallest absolute Gasteiger partial charge is 0.160 e. The number of aliphatic hydroxyl groups excluding tert-OH is 6. The predicted octanol–water partition coefficient (Wildman–Crippen LogP) is -3.67. The molecule has 6 N–H and O–H groups in total. The van der Waals surface area contributed by atoms with E-state index in [4.69, 9.17) is 10.2 Å². The number of carbonyl (C=O) groups is 2. The van der Waals surface area contributed by atoms with Crippen LogP contribution in [0.25, 0.3) is 0 Å². The zero-order valence-electron chi connectivity index (χ0n) is 9.96. The summed E-state index contributed by atoms with van der Waals surface area (Å²) in [5, 5.41) is 55.8. The third kappa shape index (κ3) is 4.09. The highest BCUT2D eigenvalue weighted by molar-refractivity contribution is 5.81. The van der Waals surface area contributed by atoms with Gasteiger partial charge in [0.05, 0.1) is 0 Å². The molecule has 0 aliphatic heterocycles. The average molecular weight is 266 g/mol. The SMILES string of the molecule is CC(=O)[C@H](O)[C@@H](O)[C@@H](O)[C@H](O)[C@H](O)[C@@H](O)C(C)=O. The van der Waals surface area contributed by atoms with Gasteiger partial charge in [-0.1, -0.05) is 0 Å². The van der Waals surface area contributed by atoms with Gasteiger partial charge in [-0.05, 0) is 13.8 Å². The number of ketones is 2. The van der Waals surface area contributed by atoms with Gasteiger partial charge >= 0.3 is 0 Å². The van der Waals surface area contributed by atoms with Gasteiger partial charge in [-0.25, -0.2) is 0 Å². The zero-order valence-corrected chi connectivity index (χ0v) is 9.96. The first-order valence-corrected chi connectivity index (χ1v) is 5.20. The Balaban J connectivity index is 4.72. The number of aliphatic hydroxyl groups is 6. The Labute approximate surface area is 103 Å². The number of rotatable bonds is 7. The molecule has 0 unspecified atom stereocenters. The number of carbonyl (C=O) groups excluding carboxylic acids is 2. The van der Waals surface area contributed by atoms with E-state index in [9.17, 15) is 30.0 Å². The molecule has 0 radical (unpaired) electrons. The average Bonchev–Trinajstić information content (AvgIpc) is 2.32. The summed E-state index contributed by atoms with van der Waals surface area (Å²) in [5.41, 5.74) is 0. The normalized spacial score (nSPS) is 21.6. The van der Waals surface area contributed by atoms with Crippen molar-refractivity contribution >= 4 is 11.6 Å². The van der Waals surface area contributed by atoms with Crippen LogP contribution in [-0.4, -0.2) is 78.8 Å². The number of Topliss-reactive ketones (excluding diaryl/α,β-unsaturated/α-hetero) is 2. The standard InChI is InChI=1S/C10H18O8/c1-3(11)5(13)7(15)9(17)10(18)8(16)6(14)4(2)12/h5-10,13-18H,1-2H3/t5-,6-,7+,8+,9+,10+/m0/s1. The van der Waals surface area contributed by atoms with Crippen LogP contribution in [0.15, 0.2) is 0 Å². The molecule has 0 aliphatic carbocycles. The highest BCUT2D eigenvalue weighted by Gasteiger charge is 2.39. The molecule has 6 atom stereocenters. The molecule has 0 fully saturated rings. The first-order valence-electron chi connectivity index (χ1n) is 5.20. The van der Waals surface area contributed by atoms with Crippen LogP contribution in [0.4, 0.5) is 0 Å². The van der Waals surface area contributed by atoms with Crippen molar-refractivity contribution in [3.8, 4) is 0 Å². The molecule has 106 valence electrons. The maximum Gasteiger partial charge on any atom is 0.160 e. The van der Waals surface area contributed by atoms with E-state index in [-0.39, 0.29) is 0 Å². The van der Waals surface area contributed by atoms with Crippen LogP contribution in [0, 0.1) is 0 Å². The van der Waals surface area contributed by atoms with Gasteiger partial charge in [0.1, 0.15) is 36.6 Å². The van der Waals surface area contributed by atoms with Crippen molar-refractivity contribution in [2.45, 2.75) is 50.5 Å². The maximum absolute atomic E-state index is 10.8. The minimum Gasteiger partial charge on any atom is -0.387 e. The van der Waals surface area contributed by atoms with Gasteiger partial charge in [-0.15, -0.1) is 0 Å². The second kappa shape index (κ2) is 6.88. The Hall–Kier alpha value is -0.900. The third-order valence-corrected chi connectivity index (χ3v) is 2.53. The third-order valence-electron chi connectivity index (χ3n) is 2.53. The molecule has 0 aromatic rings. The summed E-state index contributed by atoms with van der Waals surface area (Å²) in [5.74, 6) is -1.70. The fourth-order valence-electron chi connectivity index (χ4n) is 1.26. The van der Waals surface area contributed by atoms with Crippen molar-refractivity contribution in [1.29, 1.82) is 0 Å². The molecule has 8 heteroatoms. The zero-order chi connectivity index (χ0) is 14.6. The lowest BCUT2D eigenvalue weighted by atomic mass is 9.94. The van der Waals surface area contributed by atoms with Gasteiger partial charge in [0.25, 0.3) is 0 Å². The second-order valence-electron chi connectivity index (χ2n) is 4.07. The molecule has 18 heavy (non-hydrogen) atoms. The summed E-state index contributed by atoms with van der Waals surface area (Å²) < 4.78 is 0. The molecule has 0 saturated carbocycles. The molecule has 0 rings (SSSR count). The van der Waals surface area contributed by atoms with E-state index in [0.29, 0.717) is 0 Å². The van der Waals surface area contributed by atoms with Gasteiger partial charge in [0.2, 0.25) is 0 Å². The van der Waals surface area contributed by atoms with Gasteiger partial charge in [-0.3, -0.25) is 9.59 Å². The molecule has 0 aliphatic rings. The van der Waals surface area contributed by atoms with E-state index in [1.54, 1.807) is 0 Å². The van der Waals surface area contributed by atoms with Gasteiger partial charge in [0.15, 0.2) is 11.6 Å². The summed E-state index contributed by atoms with van der Waals surface area (Å²) in [6.07, 6.45) is -12.2. The Kier molecular flexibility index (Phi) is 6.54. The van der Waals surface area contributed by atoms with Crippen molar-refractivity contribution < 1.29 is 40.2 Å². The molecular weight excluding hydrogens is 248 g/mol. The topological polar surface area (TPSA) is 156 Å². The lowest BCUT2D eigenvalue weighted by molar-refractivity contribution is -0.165. The Morgan fingerprint density at radius 2 is 0.833 bits per heavy atom. The lowest BCUT2D eigenvalue weighted by Crippen LogP contribution is -2.54. The molecule has 0 aromatic carbocycles. The second-order valence-corrected chi connectivity index (χ2v) is 4.07. The van der Waals surface area contributed by atoms with E-state index >= 15 is 0 Å². The first kappa shape index (κ1) is 17.1.